The average Bonchev–Trinajstić information content (AvgIpc) is 3.51. The van der Waals surface area contributed by atoms with Crippen molar-refractivity contribution in [3.8, 4) is 0 Å². The number of hydrogen-bond acceptors (Lipinski definition) is 5. The minimum Gasteiger partial charge on any atom is -0.339 e. The molecule has 4 aromatic rings. The molecular formula is C36H40Cl2FN5O3S. The number of imidazole rings is 1. The molecule has 1 unspecified atom stereocenters. The average molecular weight is 713 g/mol. The van der Waals surface area contributed by atoms with Crippen LogP contribution in [0.5, 0.6) is 0 Å². The molecule has 7 rings (SSSR count). The Kier molecular flexibility index (Phi) is 8.98. The van der Waals surface area contributed by atoms with E-state index in [1.165, 1.54) is 36.6 Å². The summed E-state index contributed by atoms with van der Waals surface area (Å²) in [6.45, 7) is 4.03. The normalized spacial score (nSPS) is 22.7. The third-order valence-corrected chi connectivity index (χ3v) is 12.0. The van der Waals surface area contributed by atoms with Gasteiger partial charge >= 0.3 is 0 Å². The van der Waals surface area contributed by atoms with E-state index in [4.69, 9.17) is 28.2 Å². The van der Waals surface area contributed by atoms with E-state index >= 15 is 0 Å². The van der Waals surface area contributed by atoms with E-state index in [-0.39, 0.29) is 32.9 Å². The summed E-state index contributed by atoms with van der Waals surface area (Å²) in [5, 5.41) is 0.106. The minimum absolute atomic E-state index is 0.0488. The van der Waals surface area contributed by atoms with Crippen LogP contribution in [0.2, 0.25) is 10.0 Å². The fraction of sp³-hybridized carbons (Fsp3) is 0.444. The van der Waals surface area contributed by atoms with Gasteiger partial charge in [-0.15, -0.1) is 0 Å². The van der Waals surface area contributed by atoms with Crippen LogP contribution in [0, 0.1) is 12.7 Å². The Bertz CT molecular complexity index is 1940. The summed E-state index contributed by atoms with van der Waals surface area (Å²) >= 11 is 12.7. The molecule has 0 radical (unpaired) electrons. The maximum Gasteiger partial charge on any atom is 0.253 e. The number of aryl methyl sites for hydroxylation is 1. The van der Waals surface area contributed by atoms with Crippen molar-refractivity contribution in [3.63, 3.8) is 0 Å². The van der Waals surface area contributed by atoms with Crippen LogP contribution in [-0.2, 0) is 15.4 Å². The zero-order chi connectivity index (χ0) is 33.8. The van der Waals surface area contributed by atoms with Crippen molar-refractivity contribution in [1.82, 2.24) is 19.4 Å². The number of anilines is 1. The number of carbonyl (C=O) groups is 1. The minimum atomic E-state index is -3.61. The van der Waals surface area contributed by atoms with E-state index in [0.717, 1.165) is 49.0 Å². The highest BCUT2D eigenvalue weighted by atomic mass is 35.5. The molecule has 3 fully saturated rings. The summed E-state index contributed by atoms with van der Waals surface area (Å²) in [5.41, 5.74) is 3.32. The van der Waals surface area contributed by atoms with Crippen LogP contribution < -0.4 is 4.72 Å². The van der Waals surface area contributed by atoms with E-state index in [2.05, 4.69) is 39.3 Å². The van der Waals surface area contributed by atoms with E-state index in [1.54, 1.807) is 17.0 Å². The van der Waals surface area contributed by atoms with Crippen molar-refractivity contribution in [1.29, 1.82) is 0 Å². The first-order chi connectivity index (χ1) is 22.9. The van der Waals surface area contributed by atoms with Crippen molar-refractivity contribution in [2.45, 2.75) is 75.4 Å². The predicted molar refractivity (Wildman–Crippen MR) is 189 cm³/mol. The number of amides is 1. The van der Waals surface area contributed by atoms with E-state index in [9.17, 15) is 17.6 Å². The summed E-state index contributed by atoms with van der Waals surface area (Å²) in [6, 6.07) is 19.7. The maximum absolute atomic E-state index is 14.6. The number of nitrogens with zero attached hydrogens (tertiary/aromatic N) is 4. The number of benzene rings is 3. The van der Waals surface area contributed by atoms with Crippen molar-refractivity contribution < 1.29 is 17.6 Å². The molecule has 4 heterocycles. The van der Waals surface area contributed by atoms with Crippen LogP contribution in [-0.4, -0.2) is 71.6 Å². The van der Waals surface area contributed by atoms with Crippen LogP contribution in [0.25, 0.3) is 11.0 Å². The van der Waals surface area contributed by atoms with Crippen LogP contribution in [0.1, 0.15) is 72.7 Å². The molecule has 2 bridgehead atoms. The summed E-state index contributed by atoms with van der Waals surface area (Å²) < 4.78 is 42.9. The molecular weight excluding hydrogens is 672 g/mol. The Morgan fingerprint density at radius 3 is 2.29 bits per heavy atom. The van der Waals surface area contributed by atoms with Crippen LogP contribution in [0.15, 0.2) is 60.7 Å². The number of rotatable bonds is 8. The topological polar surface area (TPSA) is 87.5 Å². The molecule has 0 spiro atoms. The molecule has 0 aliphatic carbocycles. The van der Waals surface area contributed by atoms with Gasteiger partial charge in [0.15, 0.2) is 0 Å². The van der Waals surface area contributed by atoms with Gasteiger partial charge in [-0.1, -0.05) is 47.5 Å². The quantitative estimate of drug-likeness (QED) is 0.204. The van der Waals surface area contributed by atoms with Gasteiger partial charge in [-0.25, -0.2) is 17.8 Å². The van der Waals surface area contributed by atoms with Crippen molar-refractivity contribution >= 4 is 55.9 Å². The number of aromatic nitrogens is 2. The van der Waals surface area contributed by atoms with Gasteiger partial charge in [-0.2, -0.15) is 0 Å². The Morgan fingerprint density at radius 1 is 0.979 bits per heavy atom. The Hall–Kier alpha value is -3.18. The van der Waals surface area contributed by atoms with Gasteiger partial charge in [0.2, 0.25) is 10.0 Å². The highest BCUT2D eigenvalue weighted by Crippen LogP contribution is 2.45. The maximum atomic E-state index is 14.6. The molecule has 1 aromatic heterocycles. The van der Waals surface area contributed by atoms with Gasteiger partial charge in [0.25, 0.3) is 5.91 Å². The zero-order valence-corrected chi connectivity index (χ0v) is 29.5. The second-order valence-electron chi connectivity index (χ2n) is 13.8. The van der Waals surface area contributed by atoms with Gasteiger partial charge in [0.1, 0.15) is 11.6 Å². The van der Waals surface area contributed by atoms with Crippen LogP contribution in [0.3, 0.4) is 0 Å². The fourth-order valence-corrected chi connectivity index (χ4v) is 9.88. The number of para-hydroxylation sites is 2. The number of halogens is 3. The molecule has 3 atom stereocenters. The van der Waals surface area contributed by atoms with Gasteiger partial charge in [-0.05, 0) is 106 Å². The summed E-state index contributed by atoms with van der Waals surface area (Å²) in [6.07, 6.45) is 7.85. The third-order valence-electron chi connectivity index (χ3n) is 10.9. The van der Waals surface area contributed by atoms with Gasteiger partial charge in [0, 0.05) is 36.8 Å². The Labute approximate surface area is 291 Å². The fourth-order valence-electron chi connectivity index (χ4n) is 8.59. The summed E-state index contributed by atoms with van der Waals surface area (Å²) in [5.74, 6) is 0.604. The van der Waals surface area contributed by atoms with E-state index < -0.39 is 10.0 Å². The molecule has 12 heteroatoms. The second kappa shape index (κ2) is 12.9. The zero-order valence-electron chi connectivity index (χ0n) is 27.1. The lowest BCUT2D eigenvalue weighted by Gasteiger charge is -2.45. The van der Waals surface area contributed by atoms with E-state index in [0.29, 0.717) is 49.6 Å². The van der Waals surface area contributed by atoms with Crippen molar-refractivity contribution in [2.24, 2.45) is 0 Å². The first kappa shape index (κ1) is 33.3. The molecule has 254 valence electrons. The molecule has 3 aromatic carbocycles. The lowest BCUT2D eigenvalue weighted by Crippen LogP contribution is -2.49. The predicted octanol–water partition coefficient (Wildman–Crippen LogP) is 7.59. The van der Waals surface area contributed by atoms with Crippen molar-refractivity contribution in [2.75, 3.05) is 30.6 Å². The molecule has 1 amide bonds. The Morgan fingerprint density at radius 2 is 1.65 bits per heavy atom. The Balaban J connectivity index is 1.07. The number of carbonyl (C=O) groups excluding carboxylic acids is 1. The largest absolute Gasteiger partial charge is 0.339 e. The highest BCUT2D eigenvalue weighted by molar-refractivity contribution is 7.92. The smallest absolute Gasteiger partial charge is 0.253 e. The number of hydrogen-bond donors (Lipinski definition) is 1. The summed E-state index contributed by atoms with van der Waals surface area (Å²) in [4.78, 5) is 23.0. The lowest BCUT2D eigenvalue weighted by molar-refractivity contribution is 0.0606. The molecule has 1 N–H and O–H groups in total. The second-order valence-corrected chi connectivity index (χ2v) is 16.4. The number of piperidine rings is 2. The van der Waals surface area contributed by atoms with Gasteiger partial charge < -0.3 is 9.47 Å². The van der Waals surface area contributed by atoms with Crippen LogP contribution in [0.4, 0.5) is 10.1 Å². The highest BCUT2D eigenvalue weighted by Gasteiger charge is 2.44. The molecule has 3 saturated heterocycles. The SMILES string of the molecule is Cc1nc2ccccc2n1C1C[C@H]2CC[C@@H](C1)N2CCC1(c2cccc(F)c2)CCN(C(=O)c2cc(Cl)c(NS(C)(=O)=O)c(Cl)c2)CC1. The monoisotopic (exact) mass is 711 g/mol. The molecule has 3 aliphatic heterocycles. The third kappa shape index (κ3) is 6.44. The lowest BCUT2D eigenvalue weighted by atomic mass is 9.70. The molecule has 0 saturated carbocycles. The van der Waals surface area contributed by atoms with Gasteiger partial charge in [-0.3, -0.25) is 14.4 Å². The number of likely N-dealkylation sites (tertiary alicyclic amines) is 1. The first-order valence-electron chi connectivity index (χ1n) is 16.6. The molecule has 48 heavy (non-hydrogen) atoms. The molecule has 3 aliphatic rings. The van der Waals surface area contributed by atoms with E-state index in [1.807, 2.05) is 12.1 Å². The van der Waals surface area contributed by atoms with Crippen molar-refractivity contribution in [3.05, 3.63) is 93.5 Å². The number of sulfonamides is 1. The number of fused-ring (bicyclic) bond motifs is 3. The summed E-state index contributed by atoms with van der Waals surface area (Å²) in [7, 11) is -3.61. The van der Waals surface area contributed by atoms with Gasteiger partial charge in [0.05, 0.1) is 33.0 Å². The van der Waals surface area contributed by atoms with Crippen LogP contribution >= 0.6 is 23.2 Å². The molecule has 8 nitrogen and oxygen atoms in total. The first-order valence-corrected chi connectivity index (χ1v) is 19.3. The standard InChI is InChI=1S/C36H40Cl2FN5O3S/c1-23-40-32-8-3-4-9-33(32)44(23)29-21-27-10-11-28(22-29)43(27)17-14-36(25-6-5-7-26(39)20-25)12-15-42(16-13-36)35(45)24-18-30(37)34(31(38)19-24)41-48(2,46)47/h3-9,18-20,27-29,41H,10-17,21-22H2,1-2H3/t27-,28+,29?. The number of nitrogens with one attached hydrogen (secondary N) is 1.